The molecule has 1 aliphatic carbocycles. The van der Waals surface area contributed by atoms with Crippen LogP contribution in [0.25, 0.3) is 0 Å². The number of ether oxygens (including phenoxy) is 1. The summed E-state index contributed by atoms with van der Waals surface area (Å²) in [6.07, 6.45) is 4.30. The molecule has 1 saturated carbocycles. The largest absolute Gasteiger partial charge is 0.379 e. The van der Waals surface area contributed by atoms with E-state index in [-0.39, 0.29) is 11.4 Å². The molecule has 4 nitrogen and oxygen atoms in total. The Kier molecular flexibility index (Phi) is 4.70. The summed E-state index contributed by atoms with van der Waals surface area (Å²) in [5.74, 6) is 0.899. The van der Waals surface area contributed by atoms with Crippen molar-refractivity contribution in [3.05, 3.63) is 0 Å². The normalized spacial score (nSPS) is 24.8. The second-order valence-corrected chi connectivity index (χ2v) is 5.26. The molecule has 1 aliphatic heterocycles. The molecule has 0 spiro atoms. The zero-order chi connectivity index (χ0) is 12.1. The smallest absolute Gasteiger partial charge is 0.240 e. The van der Waals surface area contributed by atoms with Gasteiger partial charge >= 0.3 is 0 Å². The number of carbonyl (C=O) groups excluding carboxylic acids is 1. The van der Waals surface area contributed by atoms with E-state index in [1.165, 1.54) is 0 Å². The molecular formula is C12H22N2O2S. The molecule has 1 saturated heterocycles. The Morgan fingerprint density at radius 1 is 1.29 bits per heavy atom. The minimum atomic E-state index is -0.257. The van der Waals surface area contributed by atoms with E-state index in [4.69, 9.17) is 4.74 Å². The summed E-state index contributed by atoms with van der Waals surface area (Å²) in [5.41, 5.74) is -0.257. The number of morpholine rings is 1. The van der Waals surface area contributed by atoms with Gasteiger partial charge < -0.3 is 10.1 Å². The van der Waals surface area contributed by atoms with Gasteiger partial charge in [-0.05, 0) is 12.8 Å². The molecule has 0 unspecified atom stereocenters. The van der Waals surface area contributed by atoms with Crippen molar-refractivity contribution in [2.24, 2.45) is 0 Å². The van der Waals surface area contributed by atoms with Crippen LogP contribution in [0.3, 0.4) is 0 Å². The van der Waals surface area contributed by atoms with E-state index in [9.17, 15) is 4.79 Å². The highest BCUT2D eigenvalue weighted by molar-refractivity contribution is 7.80. The first-order valence-electron chi connectivity index (χ1n) is 6.51. The lowest BCUT2D eigenvalue weighted by Gasteiger charge is -2.41. The van der Waals surface area contributed by atoms with E-state index in [1.807, 2.05) is 0 Å². The Morgan fingerprint density at radius 3 is 2.53 bits per heavy atom. The van der Waals surface area contributed by atoms with Crippen molar-refractivity contribution in [2.75, 3.05) is 38.6 Å². The topological polar surface area (TPSA) is 41.6 Å². The van der Waals surface area contributed by atoms with Crippen LogP contribution < -0.4 is 5.32 Å². The van der Waals surface area contributed by atoms with Gasteiger partial charge in [0.2, 0.25) is 5.91 Å². The monoisotopic (exact) mass is 258 g/mol. The first-order chi connectivity index (χ1) is 8.29. The Labute approximate surface area is 108 Å². The molecule has 2 aliphatic rings. The SMILES string of the molecule is O=C(NCCS)C1(N2CCOCC2)CCCC1. The number of amides is 1. The van der Waals surface area contributed by atoms with Gasteiger partial charge in [-0.2, -0.15) is 12.6 Å². The maximum Gasteiger partial charge on any atom is 0.240 e. The van der Waals surface area contributed by atoms with E-state index < -0.39 is 0 Å². The number of rotatable bonds is 4. The third kappa shape index (κ3) is 2.77. The van der Waals surface area contributed by atoms with Gasteiger partial charge in [-0.25, -0.2) is 0 Å². The van der Waals surface area contributed by atoms with Gasteiger partial charge in [0.05, 0.1) is 13.2 Å². The zero-order valence-electron chi connectivity index (χ0n) is 10.3. The summed E-state index contributed by atoms with van der Waals surface area (Å²) in [6.45, 7) is 3.93. The highest BCUT2D eigenvalue weighted by atomic mass is 32.1. The van der Waals surface area contributed by atoms with Gasteiger partial charge in [0.1, 0.15) is 5.54 Å². The average molecular weight is 258 g/mol. The minimum absolute atomic E-state index is 0.200. The fourth-order valence-corrected chi connectivity index (χ4v) is 3.08. The number of thiol groups is 1. The van der Waals surface area contributed by atoms with E-state index in [1.54, 1.807) is 0 Å². The summed E-state index contributed by atoms with van der Waals surface area (Å²) >= 11 is 4.14. The van der Waals surface area contributed by atoms with Crippen molar-refractivity contribution in [1.82, 2.24) is 10.2 Å². The van der Waals surface area contributed by atoms with Crippen LogP contribution in [0.5, 0.6) is 0 Å². The van der Waals surface area contributed by atoms with Crippen molar-refractivity contribution in [3.8, 4) is 0 Å². The zero-order valence-corrected chi connectivity index (χ0v) is 11.2. The lowest BCUT2D eigenvalue weighted by molar-refractivity contribution is -0.136. The molecule has 2 fully saturated rings. The van der Waals surface area contributed by atoms with E-state index in [0.29, 0.717) is 12.3 Å². The minimum Gasteiger partial charge on any atom is -0.379 e. The van der Waals surface area contributed by atoms with Crippen molar-refractivity contribution < 1.29 is 9.53 Å². The van der Waals surface area contributed by atoms with Crippen molar-refractivity contribution in [1.29, 1.82) is 0 Å². The van der Waals surface area contributed by atoms with Crippen LogP contribution in [0.15, 0.2) is 0 Å². The summed E-state index contributed by atoms with van der Waals surface area (Å²) in [7, 11) is 0. The maximum atomic E-state index is 12.4. The highest BCUT2D eigenvalue weighted by Gasteiger charge is 2.46. The third-order valence-electron chi connectivity index (χ3n) is 3.87. The lowest BCUT2D eigenvalue weighted by atomic mass is 9.93. The molecule has 0 aromatic carbocycles. The van der Waals surface area contributed by atoms with Crippen LogP contribution in [-0.2, 0) is 9.53 Å². The molecule has 98 valence electrons. The molecule has 0 aromatic rings. The van der Waals surface area contributed by atoms with Gasteiger partial charge in [0, 0.05) is 25.4 Å². The van der Waals surface area contributed by atoms with Gasteiger partial charge in [-0.15, -0.1) is 0 Å². The Hall–Kier alpha value is -0.260. The Morgan fingerprint density at radius 2 is 1.94 bits per heavy atom. The molecule has 1 N–H and O–H groups in total. The second kappa shape index (κ2) is 6.07. The highest BCUT2D eigenvalue weighted by Crippen LogP contribution is 2.36. The standard InChI is InChI=1S/C12H22N2O2S/c15-11(13-5-10-17)12(3-1-2-4-12)14-6-8-16-9-7-14/h17H,1-10H2,(H,13,15). The Bertz CT molecular complexity index is 261. The molecule has 0 aromatic heterocycles. The molecule has 0 bridgehead atoms. The molecule has 17 heavy (non-hydrogen) atoms. The van der Waals surface area contributed by atoms with Gasteiger partial charge in [-0.1, -0.05) is 12.8 Å². The summed E-state index contributed by atoms with van der Waals surface area (Å²) < 4.78 is 5.38. The number of carbonyl (C=O) groups is 1. The number of hydrogen-bond acceptors (Lipinski definition) is 4. The maximum absolute atomic E-state index is 12.4. The van der Waals surface area contributed by atoms with Crippen LogP contribution >= 0.6 is 12.6 Å². The van der Waals surface area contributed by atoms with E-state index >= 15 is 0 Å². The molecule has 5 heteroatoms. The number of hydrogen-bond donors (Lipinski definition) is 2. The summed E-state index contributed by atoms with van der Waals surface area (Å²) in [4.78, 5) is 14.7. The second-order valence-electron chi connectivity index (χ2n) is 4.82. The molecule has 1 amide bonds. The molecule has 0 radical (unpaired) electrons. The van der Waals surface area contributed by atoms with Crippen LogP contribution in [0, 0.1) is 0 Å². The van der Waals surface area contributed by atoms with Gasteiger partial charge in [0.25, 0.3) is 0 Å². The van der Waals surface area contributed by atoms with Crippen LogP contribution in [0.4, 0.5) is 0 Å². The van der Waals surface area contributed by atoms with Crippen LogP contribution in [-0.4, -0.2) is 54.9 Å². The summed E-state index contributed by atoms with van der Waals surface area (Å²) in [6, 6.07) is 0. The molecule has 0 atom stereocenters. The predicted molar refractivity (Wildman–Crippen MR) is 70.5 cm³/mol. The fourth-order valence-electron chi connectivity index (χ4n) is 2.97. The lowest BCUT2D eigenvalue weighted by Crippen LogP contribution is -2.60. The molecule has 1 heterocycles. The van der Waals surface area contributed by atoms with Gasteiger partial charge in [0.15, 0.2) is 0 Å². The van der Waals surface area contributed by atoms with E-state index in [2.05, 4.69) is 22.8 Å². The predicted octanol–water partition coefficient (Wildman–Crippen LogP) is 0.677. The van der Waals surface area contributed by atoms with Crippen molar-refractivity contribution in [2.45, 2.75) is 31.2 Å². The van der Waals surface area contributed by atoms with Crippen LogP contribution in [0.1, 0.15) is 25.7 Å². The molecule has 2 rings (SSSR count). The van der Waals surface area contributed by atoms with Gasteiger partial charge in [-0.3, -0.25) is 9.69 Å². The Balaban J connectivity index is 2.05. The van der Waals surface area contributed by atoms with Crippen LogP contribution in [0.2, 0.25) is 0 Å². The summed E-state index contributed by atoms with van der Waals surface area (Å²) in [5, 5.41) is 3.01. The average Bonchev–Trinajstić information content (AvgIpc) is 2.87. The number of nitrogens with zero attached hydrogens (tertiary/aromatic N) is 1. The first kappa shape index (κ1) is 13.2. The number of nitrogens with one attached hydrogen (secondary N) is 1. The fraction of sp³-hybridized carbons (Fsp3) is 0.917. The van der Waals surface area contributed by atoms with Crippen molar-refractivity contribution >= 4 is 18.5 Å². The van der Waals surface area contributed by atoms with Crippen molar-refractivity contribution in [3.63, 3.8) is 0 Å². The van der Waals surface area contributed by atoms with E-state index in [0.717, 1.165) is 52.0 Å². The molecular weight excluding hydrogens is 236 g/mol. The quantitative estimate of drug-likeness (QED) is 0.729. The third-order valence-corrected chi connectivity index (χ3v) is 4.09. The first-order valence-corrected chi connectivity index (χ1v) is 7.15.